The van der Waals surface area contributed by atoms with E-state index in [4.69, 9.17) is 0 Å². The fraction of sp³-hybridized carbons (Fsp3) is 0.593. The number of carbonyl (C=O) groups is 3. The average Bonchev–Trinajstić information content (AvgIpc) is 3.00. The zero-order chi connectivity index (χ0) is 24.3. The molecule has 1 aliphatic rings. The van der Waals surface area contributed by atoms with Crippen molar-refractivity contribution < 1.29 is 14.4 Å². The van der Waals surface area contributed by atoms with Crippen LogP contribution in [0.25, 0.3) is 10.9 Å². The van der Waals surface area contributed by atoms with Crippen molar-refractivity contribution >= 4 is 28.5 Å². The van der Waals surface area contributed by atoms with Crippen molar-refractivity contribution in [3.8, 4) is 0 Å². The van der Waals surface area contributed by atoms with Crippen LogP contribution in [0.4, 0.5) is 0 Å². The number of ketones is 1. The first-order valence-corrected chi connectivity index (χ1v) is 13.0. The summed E-state index contributed by atoms with van der Waals surface area (Å²) in [6.07, 6.45) is 9.11. The predicted octanol–water partition coefficient (Wildman–Crippen LogP) is 3.85. The number of Topliss-reactive ketones (excluding diaryl/α,β-unsaturated/α-hetero) is 1. The van der Waals surface area contributed by atoms with Gasteiger partial charge < -0.3 is 19.7 Å². The van der Waals surface area contributed by atoms with Gasteiger partial charge in [0.05, 0.1) is 5.56 Å². The molecule has 0 unspecified atom stereocenters. The van der Waals surface area contributed by atoms with Crippen LogP contribution in [0.2, 0.25) is 0 Å². The van der Waals surface area contributed by atoms with Gasteiger partial charge in [0.25, 0.3) is 11.7 Å². The van der Waals surface area contributed by atoms with Crippen LogP contribution in [-0.2, 0) is 16.1 Å². The fourth-order valence-corrected chi connectivity index (χ4v) is 4.80. The Hall–Kier alpha value is -2.67. The third-order valence-electron chi connectivity index (χ3n) is 6.52. The van der Waals surface area contributed by atoms with Gasteiger partial charge in [-0.2, -0.15) is 0 Å². The number of para-hydroxylation sites is 1. The van der Waals surface area contributed by atoms with E-state index in [0.717, 1.165) is 70.3 Å². The highest BCUT2D eigenvalue weighted by Gasteiger charge is 2.23. The molecule has 186 valence electrons. The van der Waals surface area contributed by atoms with Crippen molar-refractivity contribution in [3.63, 3.8) is 0 Å². The number of hydrogen-bond acceptors (Lipinski definition) is 4. The zero-order valence-electron chi connectivity index (χ0n) is 20.9. The molecule has 7 nitrogen and oxygen atoms in total. The Balaban J connectivity index is 1.63. The van der Waals surface area contributed by atoms with Gasteiger partial charge in [-0.25, -0.2) is 0 Å². The van der Waals surface area contributed by atoms with Crippen LogP contribution in [0.1, 0.15) is 69.2 Å². The van der Waals surface area contributed by atoms with Gasteiger partial charge in [0.2, 0.25) is 5.91 Å². The molecule has 1 saturated heterocycles. The molecule has 1 aliphatic heterocycles. The SMILES string of the molecule is CCCN(CCC)CCCNC(=O)C(=O)c1cn(CC(=O)N2CCCCCC2)c2ccccc12. The molecule has 2 amide bonds. The van der Waals surface area contributed by atoms with E-state index in [9.17, 15) is 14.4 Å². The Morgan fingerprint density at radius 2 is 1.62 bits per heavy atom. The van der Waals surface area contributed by atoms with Gasteiger partial charge in [-0.1, -0.05) is 44.9 Å². The molecule has 0 radical (unpaired) electrons. The standard InChI is InChI=1S/C27H40N4O3/c1-3-15-29(16-4-2)17-11-14-28-27(34)26(33)23-20-31(24-13-8-7-12-22(23)24)21-25(32)30-18-9-5-6-10-19-30/h7-8,12-13,20H,3-6,9-11,14-19,21H2,1-2H3,(H,28,34). The Morgan fingerprint density at radius 1 is 0.941 bits per heavy atom. The molecule has 2 heterocycles. The van der Waals surface area contributed by atoms with E-state index in [1.807, 2.05) is 33.7 Å². The van der Waals surface area contributed by atoms with Crippen molar-refractivity contribution in [2.24, 2.45) is 0 Å². The number of amides is 2. The van der Waals surface area contributed by atoms with Gasteiger partial charge in [-0.3, -0.25) is 14.4 Å². The molecule has 1 fully saturated rings. The minimum Gasteiger partial charge on any atom is -0.349 e. The van der Waals surface area contributed by atoms with Crippen LogP contribution >= 0.6 is 0 Å². The summed E-state index contributed by atoms with van der Waals surface area (Å²) in [6, 6.07) is 7.49. The first kappa shape index (κ1) is 25.9. The van der Waals surface area contributed by atoms with E-state index in [-0.39, 0.29) is 12.5 Å². The number of nitrogens with one attached hydrogen (secondary N) is 1. The van der Waals surface area contributed by atoms with Gasteiger partial charge >= 0.3 is 0 Å². The molecule has 2 aromatic rings. The summed E-state index contributed by atoms with van der Waals surface area (Å²) >= 11 is 0. The summed E-state index contributed by atoms with van der Waals surface area (Å²) < 4.78 is 1.82. The molecule has 0 aliphatic carbocycles. The third kappa shape index (κ3) is 6.92. The number of fused-ring (bicyclic) bond motifs is 1. The van der Waals surface area contributed by atoms with Crippen molar-refractivity contribution in [3.05, 3.63) is 36.0 Å². The highest BCUT2D eigenvalue weighted by atomic mass is 16.2. The van der Waals surface area contributed by atoms with Gasteiger partial charge in [-0.05, 0) is 57.8 Å². The molecule has 0 spiro atoms. The maximum atomic E-state index is 13.0. The monoisotopic (exact) mass is 468 g/mol. The molecule has 0 saturated carbocycles. The Kier molecular flexibility index (Phi) is 10.1. The highest BCUT2D eigenvalue weighted by molar-refractivity contribution is 6.45. The minimum absolute atomic E-state index is 0.0646. The topological polar surface area (TPSA) is 74.6 Å². The summed E-state index contributed by atoms with van der Waals surface area (Å²) in [7, 11) is 0. The Morgan fingerprint density at radius 3 is 2.29 bits per heavy atom. The van der Waals surface area contributed by atoms with E-state index in [1.54, 1.807) is 6.20 Å². The number of aromatic nitrogens is 1. The summed E-state index contributed by atoms with van der Waals surface area (Å²) in [5.74, 6) is -1.06. The van der Waals surface area contributed by atoms with Crippen molar-refractivity contribution in [1.29, 1.82) is 0 Å². The average molecular weight is 469 g/mol. The van der Waals surface area contributed by atoms with Crippen LogP contribution in [0.3, 0.4) is 0 Å². The lowest BCUT2D eigenvalue weighted by Crippen LogP contribution is -2.35. The molecular weight excluding hydrogens is 428 g/mol. The normalized spacial score (nSPS) is 14.4. The second kappa shape index (κ2) is 13.3. The zero-order valence-corrected chi connectivity index (χ0v) is 20.9. The maximum Gasteiger partial charge on any atom is 0.292 e. The van der Waals surface area contributed by atoms with Gasteiger partial charge in [-0.15, -0.1) is 0 Å². The smallest absolute Gasteiger partial charge is 0.292 e. The fourth-order valence-electron chi connectivity index (χ4n) is 4.80. The van der Waals surface area contributed by atoms with Crippen LogP contribution < -0.4 is 5.32 Å². The first-order valence-electron chi connectivity index (χ1n) is 13.0. The molecule has 0 bridgehead atoms. The first-order chi connectivity index (χ1) is 16.5. The second-order valence-corrected chi connectivity index (χ2v) is 9.26. The van der Waals surface area contributed by atoms with Gasteiger partial charge in [0.15, 0.2) is 0 Å². The van der Waals surface area contributed by atoms with Gasteiger partial charge in [0.1, 0.15) is 6.54 Å². The third-order valence-corrected chi connectivity index (χ3v) is 6.52. The summed E-state index contributed by atoms with van der Waals surface area (Å²) in [4.78, 5) is 42.9. The van der Waals surface area contributed by atoms with E-state index >= 15 is 0 Å². The number of nitrogens with zero attached hydrogens (tertiary/aromatic N) is 3. The van der Waals surface area contributed by atoms with Crippen LogP contribution in [-0.4, -0.2) is 71.2 Å². The molecule has 34 heavy (non-hydrogen) atoms. The second-order valence-electron chi connectivity index (χ2n) is 9.26. The maximum absolute atomic E-state index is 13.0. The van der Waals surface area contributed by atoms with E-state index in [0.29, 0.717) is 17.5 Å². The summed E-state index contributed by atoms with van der Waals surface area (Å²) in [6.45, 7) is 9.59. The van der Waals surface area contributed by atoms with Gasteiger partial charge in [0, 0.05) is 36.7 Å². The Labute approximate surface area is 203 Å². The molecule has 3 rings (SSSR count). The lowest BCUT2D eigenvalue weighted by Gasteiger charge is -2.20. The van der Waals surface area contributed by atoms with Crippen molar-refractivity contribution in [1.82, 2.24) is 19.7 Å². The summed E-state index contributed by atoms with van der Waals surface area (Å²) in [5, 5.41) is 3.51. The number of hydrogen-bond donors (Lipinski definition) is 1. The van der Waals surface area contributed by atoms with Crippen LogP contribution in [0, 0.1) is 0 Å². The number of rotatable bonds is 12. The number of carbonyl (C=O) groups excluding carboxylic acids is 3. The minimum atomic E-state index is -0.584. The Bertz CT molecular complexity index is 954. The quantitative estimate of drug-likeness (QED) is 0.292. The molecule has 1 N–H and O–H groups in total. The largest absolute Gasteiger partial charge is 0.349 e. The van der Waals surface area contributed by atoms with Crippen LogP contribution in [0.15, 0.2) is 30.5 Å². The van der Waals surface area contributed by atoms with Crippen molar-refractivity contribution in [2.75, 3.05) is 39.3 Å². The molecule has 0 atom stereocenters. The van der Waals surface area contributed by atoms with E-state index in [1.165, 1.54) is 12.8 Å². The van der Waals surface area contributed by atoms with Crippen LogP contribution in [0.5, 0.6) is 0 Å². The predicted molar refractivity (Wildman–Crippen MR) is 136 cm³/mol. The molecule has 7 heteroatoms. The molecule has 1 aromatic heterocycles. The highest BCUT2D eigenvalue weighted by Crippen LogP contribution is 2.22. The molecular formula is C27H40N4O3. The van der Waals surface area contributed by atoms with Crippen molar-refractivity contribution in [2.45, 2.75) is 65.3 Å². The lowest BCUT2D eigenvalue weighted by atomic mass is 10.1. The number of likely N-dealkylation sites (tertiary alicyclic amines) is 1. The molecule has 1 aromatic carbocycles. The number of benzene rings is 1. The lowest BCUT2D eigenvalue weighted by molar-refractivity contribution is -0.131. The summed E-state index contributed by atoms with van der Waals surface area (Å²) in [5.41, 5.74) is 1.16. The van der Waals surface area contributed by atoms with E-state index < -0.39 is 11.7 Å². The van der Waals surface area contributed by atoms with E-state index in [2.05, 4.69) is 24.1 Å².